The SMILES string of the molecule is C=C(Oc1ccccc1CC)C(=O)O. The molecule has 1 aromatic carbocycles. The van der Waals surface area contributed by atoms with Gasteiger partial charge in [0.2, 0.25) is 5.76 Å². The molecule has 1 aromatic rings. The Labute approximate surface area is 82.6 Å². The molecule has 0 heterocycles. The number of benzene rings is 1. The van der Waals surface area contributed by atoms with Gasteiger partial charge >= 0.3 is 5.97 Å². The molecule has 0 aliphatic carbocycles. The monoisotopic (exact) mass is 192 g/mol. The highest BCUT2D eigenvalue weighted by molar-refractivity contribution is 5.84. The van der Waals surface area contributed by atoms with Gasteiger partial charge in [0, 0.05) is 0 Å². The number of carbonyl (C=O) groups is 1. The van der Waals surface area contributed by atoms with Crippen LogP contribution >= 0.6 is 0 Å². The second-order valence-corrected chi connectivity index (χ2v) is 2.79. The van der Waals surface area contributed by atoms with Crippen LogP contribution in [0.4, 0.5) is 0 Å². The van der Waals surface area contributed by atoms with Crippen molar-refractivity contribution in [1.29, 1.82) is 0 Å². The third-order valence-corrected chi connectivity index (χ3v) is 1.83. The Balaban J connectivity index is 2.85. The standard InChI is InChI=1S/C11H12O3/c1-3-9-6-4-5-7-10(9)14-8(2)11(12)13/h4-7H,2-3H2,1H3,(H,12,13). The minimum Gasteiger partial charge on any atom is -0.475 e. The number of ether oxygens (including phenoxy) is 1. The van der Waals surface area contributed by atoms with Crippen LogP contribution in [0.2, 0.25) is 0 Å². The Kier molecular flexibility index (Phi) is 3.29. The second-order valence-electron chi connectivity index (χ2n) is 2.79. The van der Waals surface area contributed by atoms with E-state index in [-0.39, 0.29) is 5.76 Å². The van der Waals surface area contributed by atoms with Crippen LogP contribution in [0.1, 0.15) is 12.5 Å². The average Bonchev–Trinajstić information content (AvgIpc) is 2.18. The first-order valence-electron chi connectivity index (χ1n) is 4.33. The van der Waals surface area contributed by atoms with E-state index in [0.717, 1.165) is 12.0 Å². The number of para-hydroxylation sites is 1. The molecule has 14 heavy (non-hydrogen) atoms. The molecular weight excluding hydrogens is 180 g/mol. The molecule has 1 rings (SSSR count). The van der Waals surface area contributed by atoms with Gasteiger partial charge in [-0.25, -0.2) is 4.79 Å². The second kappa shape index (κ2) is 4.46. The van der Waals surface area contributed by atoms with Gasteiger partial charge in [-0.2, -0.15) is 0 Å². The van der Waals surface area contributed by atoms with Gasteiger partial charge in [-0.15, -0.1) is 0 Å². The zero-order chi connectivity index (χ0) is 10.6. The number of rotatable bonds is 4. The molecule has 3 nitrogen and oxygen atoms in total. The van der Waals surface area contributed by atoms with Crippen molar-refractivity contribution in [1.82, 2.24) is 0 Å². The van der Waals surface area contributed by atoms with Crippen LogP contribution in [0.25, 0.3) is 0 Å². The molecule has 0 amide bonds. The summed E-state index contributed by atoms with van der Waals surface area (Å²) < 4.78 is 5.10. The summed E-state index contributed by atoms with van der Waals surface area (Å²) in [6.07, 6.45) is 0.795. The maximum atomic E-state index is 10.5. The van der Waals surface area contributed by atoms with Gasteiger partial charge in [-0.3, -0.25) is 0 Å². The first-order valence-corrected chi connectivity index (χ1v) is 4.33. The molecule has 3 heteroatoms. The Bertz CT molecular complexity index is 355. The largest absolute Gasteiger partial charge is 0.475 e. The van der Waals surface area contributed by atoms with Crippen molar-refractivity contribution in [2.75, 3.05) is 0 Å². The molecule has 0 saturated carbocycles. The number of carboxylic acids is 1. The predicted molar refractivity (Wildman–Crippen MR) is 53.2 cm³/mol. The van der Waals surface area contributed by atoms with Crippen LogP contribution in [0.3, 0.4) is 0 Å². The van der Waals surface area contributed by atoms with E-state index in [1.54, 1.807) is 12.1 Å². The Morgan fingerprint density at radius 2 is 2.14 bits per heavy atom. The quantitative estimate of drug-likeness (QED) is 0.587. The summed E-state index contributed by atoms with van der Waals surface area (Å²) in [5.41, 5.74) is 0.968. The molecule has 0 atom stereocenters. The number of carboxylic acid groups (broad SMARTS) is 1. The highest BCUT2D eigenvalue weighted by Gasteiger charge is 2.08. The summed E-state index contributed by atoms with van der Waals surface area (Å²) in [5, 5.41) is 8.58. The molecule has 74 valence electrons. The molecule has 0 fully saturated rings. The van der Waals surface area contributed by atoms with Crippen molar-refractivity contribution >= 4 is 5.97 Å². The van der Waals surface area contributed by atoms with Gasteiger partial charge < -0.3 is 9.84 Å². The molecule has 1 N–H and O–H groups in total. The Hall–Kier alpha value is -1.77. The summed E-state index contributed by atoms with van der Waals surface area (Å²) in [6, 6.07) is 7.30. The third-order valence-electron chi connectivity index (χ3n) is 1.83. The number of aryl methyl sites for hydroxylation is 1. The summed E-state index contributed by atoms with van der Waals surface area (Å²) in [5.74, 6) is -0.843. The molecular formula is C11H12O3. The van der Waals surface area contributed by atoms with Crippen molar-refractivity contribution in [2.24, 2.45) is 0 Å². The molecule has 0 spiro atoms. The van der Waals surface area contributed by atoms with Crippen LogP contribution in [-0.2, 0) is 11.2 Å². The van der Waals surface area contributed by atoms with Crippen molar-refractivity contribution in [2.45, 2.75) is 13.3 Å². The molecule has 0 aromatic heterocycles. The summed E-state index contributed by atoms with van der Waals surface area (Å²) in [7, 11) is 0. The molecule has 0 aliphatic rings. The van der Waals surface area contributed by atoms with Crippen molar-refractivity contribution in [3.63, 3.8) is 0 Å². The predicted octanol–water partition coefficient (Wildman–Crippen LogP) is 2.23. The first kappa shape index (κ1) is 10.3. The van der Waals surface area contributed by atoms with E-state index >= 15 is 0 Å². The fraction of sp³-hybridized carbons (Fsp3) is 0.182. The Morgan fingerprint density at radius 1 is 1.50 bits per heavy atom. The number of hydrogen-bond donors (Lipinski definition) is 1. The van der Waals surface area contributed by atoms with Crippen LogP contribution in [0.15, 0.2) is 36.6 Å². The van der Waals surface area contributed by atoms with Crippen molar-refractivity contribution in [3.8, 4) is 5.75 Å². The van der Waals surface area contributed by atoms with Gasteiger partial charge in [0.15, 0.2) is 0 Å². The molecule has 0 radical (unpaired) electrons. The minimum absolute atomic E-state index is 0.258. The van der Waals surface area contributed by atoms with Crippen LogP contribution in [0.5, 0.6) is 5.75 Å². The van der Waals surface area contributed by atoms with E-state index < -0.39 is 5.97 Å². The molecule has 0 saturated heterocycles. The lowest BCUT2D eigenvalue weighted by atomic mass is 10.1. The summed E-state index contributed by atoms with van der Waals surface area (Å²) in [4.78, 5) is 10.5. The first-order chi connectivity index (χ1) is 6.65. The van der Waals surface area contributed by atoms with E-state index in [9.17, 15) is 4.79 Å². The van der Waals surface area contributed by atoms with Crippen LogP contribution < -0.4 is 4.74 Å². The third kappa shape index (κ3) is 2.36. The number of hydrogen-bond acceptors (Lipinski definition) is 2. The van der Waals surface area contributed by atoms with Gasteiger partial charge in [0.05, 0.1) is 0 Å². The minimum atomic E-state index is -1.14. The van der Waals surface area contributed by atoms with E-state index in [1.807, 2.05) is 19.1 Å². The zero-order valence-electron chi connectivity index (χ0n) is 7.99. The van der Waals surface area contributed by atoms with E-state index in [1.165, 1.54) is 0 Å². The highest BCUT2D eigenvalue weighted by Crippen LogP contribution is 2.20. The normalized spacial score (nSPS) is 9.50. The fourth-order valence-electron chi connectivity index (χ4n) is 1.07. The van der Waals surface area contributed by atoms with Gasteiger partial charge in [0.25, 0.3) is 0 Å². The molecule has 0 aliphatic heterocycles. The lowest BCUT2D eigenvalue weighted by Gasteiger charge is -2.08. The van der Waals surface area contributed by atoms with E-state index in [2.05, 4.69) is 6.58 Å². The topological polar surface area (TPSA) is 46.5 Å². The molecule has 0 unspecified atom stereocenters. The lowest BCUT2D eigenvalue weighted by molar-refractivity contribution is -0.135. The maximum Gasteiger partial charge on any atom is 0.371 e. The summed E-state index contributed by atoms with van der Waals surface area (Å²) >= 11 is 0. The fourth-order valence-corrected chi connectivity index (χ4v) is 1.07. The average molecular weight is 192 g/mol. The van der Waals surface area contributed by atoms with Crippen molar-refractivity contribution in [3.05, 3.63) is 42.2 Å². The van der Waals surface area contributed by atoms with E-state index in [0.29, 0.717) is 5.75 Å². The smallest absolute Gasteiger partial charge is 0.371 e. The highest BCUT2D eigenvalue weighted by atomic mass is 16.5. The molecule has 0 bridgehead atoms. The van der Waals surface area contributed by atoms with Gasteiger partial charge in [-0.05, 0) is 24.6 Å². The van der Waals surface area contributed by atoms with E-state index in [4.69, 9.17) is 9.84 Å². The maximum absolute atomic E-state index is 10.5. The lowest BCUT2D eigenvalue weighted by Crippen LogP contribution is -2.06. The Morgan fingerprint density at radius 3 is 2.71 bits per heavy atom. The number of aliphatic carboxylic acids is 1. The van der Waals surface area contributed by atoms with Crippen LogP contribution in [-0.4, -0.2) is 11.1 Å². The summed E-state index contributed by atoms with van der Waals surface area (Å²) in [6.45, 7) is 5.28. The van der Waals surface area contributed by atoms with Crippen LogP contribution in [0, 0.1) is 0 Å². The van der Waals surface area contributed by atoms with Gasteiger partial charge in [-0.1, -0.05) is 25.1 Å². The van der Waals surface area contributed by atoms with Crippen molar-refractivity contribution < 1.29 is 14.6 Å². The van der Waals surface area contributed by atoms with Gasteiger partial charge in [0.1, 0.15) is 5.75 Å². The zero-order valence-corrected chi connectivity index (χ0v) is 7.99.